The van der Waals surface area contributed by atoms with E-state index in [0.29, 0.717) is 17.2 Å². The number of rotatable bonds is 3. The summed E-state index contributed by atoms with van der Waals surface area (Å²) in [7, 11) is -0.975. The van der Waals surface area contributed by atoms with Crippen molar-refractivity contribution in [2.24, 2.45) is 0 Å². The summed E-state index contributed by atoms with van der Waals surface area (Å²) in [4.78, 5) is 0.749. The Kier molecular flexibility index (Phi) is 4.05. The van der Waals surface area contributed by atoms with Crippen molar-refractivity contribution in [3.8, 4) is 6.07 Å². The summed E-state index contributed by atoms with van der Waals surface area (Å²) in [5, 5.41) is 9.00. The topological polar surface area (TPSA) is 40.9 Å². The third kappa shape index (κ3) is 2.66. The number of nitrogens with zero attached hydrogens (tertiary/aromatic N) is 1. The molecule has 0 aliphatic heterocycles. The number of nitriles is 1. The highest BCUT2D eigenvalue weighted by Gasteiger charge is 2.09. The van der Waals surface area contributed by atoms with Gasteiger partial charge in [-0.3, -0.25) is 4.21 Å². The van der Waals surface area contributed by atoms with E-state index < -0.39 is 10.8 Å². The fourth-order valence-corrected chi connectivity index (χ4v) is 2.25. The van der Waals surface area contributed by atoms with E-state index >= 15 is 0 Å². The van der Waals surface area contributed by atoms with E-state index in [9.17, 15) is 4.21 Å². The molecule has 0 radical (unpaired) electrons. The van der Waals surface area contributed by atoms with E-state index in [4.69, 9.17) is 5.26 Å². The summed E-state index contributed by atoms with van der Waals surface area (Å²) in [6.45, 7) is 5.97. The lowest BCUT2D eigenvalue weighted by molar-refractivity contribution is 0.683. The van der Waals surface area contributed by atoms with Crippen molar-refractivity contribution in [3.05, 3.63) is 29.3 Å². The van der Waals surface area contributed by atoms with Crippen LogP contribution in [0.3, 0.4) is 0 Å². The minimum absolute atomic E-state index is 0.323. The van der Waals surface area contributed by atoms with Gasteiger partial charge in [0.05, 0.1) is 22.4 Å². The van der Waals surface area contributed by atoms with Gasteiger partial charge >= 0.3 is 0 Å². The van der Waals surface area contributed by atoms with Crippen LogP contribution in [0.2, 0.25) is 0 Å². The molecular weight excluding hydrogens is 206 g/mol. The maximum Gasteiger partial charge on any atom is 0.0995 e. The van der Waals surface area contributed by atoms with Crippen LogP contribution in [0.25, 0.3) is 0 Å². The Labute approximate surface area is 93.4 Å². The minimum atomic E-state index is -0.975. The second kappa shape index (κ2) is 5.09. The van der Waals surface area contributed by atoms with Gasteiger partial charge in [-0.1, -0.05) is 26.8 Å². The van der Waals surface area contributed by atoms with Gasteiger partial charge in [0.1, 0.15) is 0 Å². The SMILES string of the molecule is CCS(=O)c1ccc(C(C)C)c(C#N)c1. The molecule has 1 unspecified atom stereocenters. The second-order valence-electron chi connectivity index (χ2n) is 3.65. The van der Waals surface area contributed by atoms with Crippen LogP contribution in [0.1, 0.15) is 37.8 Å². The third-order valence-corrected chi connectivity index (χ3v) is 3.60. The Morgan fingerprint density at radius 3 is 2.60 bits per heavy atom. The van der Waals surface area contributed by atoms with Crippen LogP contribution in [0.5, 0.6) is 0 Å². The maximum atomic E-state index is 11.6. The average Bonchev–Trinajstić information content (AvgIpc) is 2.26. The Hall–Kier alpha value is -1.14. The molecule has 1 aromatic carbocycles. The summed E-state index contributed by atoms with van der Waals surface area (Å²) >= 11 is 0. The summed E-state index contributed by atoms with van der Waals surface area (Å²) in [6.07, 6.45) is 0. The van der Waals surface area contributed by atoms with Crippen molar-refractivity contribution in [2.45, 2.75) is 31.6 Å². The summed E-state index contributed by atoms with van der Waals surface area (Å²) in [6, 6.07) is 7.67. The van der Waals surface area contributed by atoms with Crippen LogP contribution in [0.4, 0.5) is 0 Å². The third-order valence-electron chi connectivity index (χ3n) is 2.29. The summed E-state index contributed by atoms with van der Waals surface area (Å²) < 4.78 is 11.6. The predicted octanol–water partition coefficient (Wildman–Crippen LogP) is 2.81. The molecule has 0 saturated heterocycles. The lowest BCUT2D eigenvalue weighted by atomic mass is 9.98. The van der Waals surface area contributed by atoms with Crippen LogP contribution >= 0.6 is 0 Å². The molecule has 15 heavy (non-hydrogen) atoms. The van der Waals surface area contributed by atoms with Crippen molar-refractivity contribution >= 4 is 10.8 Å². The van der Waals surface area contributed by atoms with Crippen LogP contribution < -0.4 is 0 Å². The largest absolute Gasteiger partial charge is 0.254 e. The van der Waals surface area contributed by atoms with Crippen molar-refractivity contribution in [3.63, 3.8) is 0 Å². The highest BCUT2D eigenvalue weighted by molar-refractivity contribution is 7.85. The number of hydrogen-bond donors (Lipinski definition) is 0. The van der Waals surface area contributed by atoms with E-state index in [-0.39, 0.29) is 0 Å². The fraction of sp³-hybridized carbons (Fsp3) is 0.417. The van der Waals surface area contributed by atoms with Crippen molar-refractivity contribution in [2.75, 3.05) is 5.75 Å². The molecular formula is C12H15NOS. The van der Waals surface area contributed by atoms with Gasteiger partial charge in [0, 0.05) is 10.6 Å². The smallest absolute Gasteiger partial charge is 0.0995 e. The molecule has 1 aromatic rings. The van der Waals surface area contributed by atoms with Crippen LogP contribution in [0.15, 0.2) is 23.1 Å². The molecule has 80 valence electrons. The average molecular weight is 221 g/mol. The van der Waals surface area contributed by atoms with Gasteiger partial charge in [-0.05, 0) is 23.6 Å². The quantitative estimate of drug-likeness (QED) is 0.787. The number of benzene rings is 1. The first-order chi connectivity index (χ1) is 7.10. The first-order valence-electron chi connectivity index (χ1n) is 5.02. The zero-order valence-corrected chi connectivity index (χ0v) is 10.1. The molecule has 0 aliphatic carbocycles. The monoisotopic (exact) mass is 221 g/mol. The van der Waals surface area contributed by atoms with Crippen molar-refractivity contribution < 1.29 is 4.21 Å². The lowest BCUT2D eigenvalue weighted by Crippen LogP contribution is -1.98. The molecule has 0 heterocycles. The van der Waals surface area contributed by atoms with Gasteiger partial charge in [0.15, 0.2) is 0 Å². The van der Waals surface area contributed by atoms with E-state index in [1.807, 2.05) is 32.9 Å². The Morgan fingerprint density at radius 1 is 1.47 bits per heavy atom. The Balaban J connectivity index is 3.21. The van der Waals surface area contributed by atoms with Gasteiger partial charge in [-0.25, -0.2) is 0 Å². The van der Waals surface area contributed by atoms with Gasteiger partial charge in [-0.15, -0.1) is 0 Å². The van der Waals surface area contributed by atoms with Gasteiger partial charge in [0.2, 0.25) is 0 Å². The zero-order chi connectivity index (χ0) is 11.4. The summed E-state index contributed by atoms with van der Waals surface area (Å²) in [5.74, 6) is 0.912. The molecule has 0 aromatic heterocycles. The fourth-order valence-electron chi connectivity index (χ4n) is 1.44. The number of hydrogen-bond acceptors (Lipinski definition) is 2. The predicted molar refractivity (Wildman–Crippen MR) is 62.2 cm³/mol. The molecule has 0 fully saturated rings. The highest BCUT2D eigenvalue weighted by atomic mass is 32.2. The molecule has 1 atom stereocenters. The zero-order valence-electron chi connectivity index (χ0n) is 9.28. The second-order valence-corrected chi connectivity index (χ2v) is 5.39. The molecule has 0 aliphatic rings. The molecule has 0 spiro atoms. The normalized spacial score (nSPS) is 12.5. The Bertz CT molecular complexity index is 418. The van der Waals surface area contributed by atoms with E-state index in [2.05, 4.69) is 6.07 Å². The summed E-state index contributed by atoms with van der Waals surface area (Å²) in [5.41, 5.74) is 1.67. The van der Waals surface area contributed by atoms with E-state index in [0.717, 1.165) is 10.5 Å². The van der Waals surface area contributed by atoms with Crippen molar-refractivity contribution in [1.82, 2.24) is 0 Å². The standard InChI is InChI=1S/C12H15NOS/c1-4-15(14)11-5-6-12(9(2)3)10(7-11)8-13/h5-7,9H,4H2,1-3H3. The van der Waals surface area contributed by atoms with Crippen LogP contribution in [-0.4, -0.2) is 9.96 Å². The van der Waals surface area contributed by atoms with Gasteiger partial charge in [-0.2, -0.15) is 5.26 Å². The molecule has 0 saturated carbocycles. The molecule has 0 N–H and O–H groups in total. The van der Waals surface area contributed by atoms with Crippen molar-refractivity contribution in [1.29, 1.82) is 5.26 Å². The molecule has 0 bridgehead atoms. The van der Waals surface area contributed by atoms with E-state index in [1.54, 1.807) is 6.07 Å². The maximum absolute atomic E-state index is 11.6. The molecule has 2 nitrogen and oxygen atoms in total. The van der Waals surface area contributed by atoms with Crippen LogP contribution in [-0.2, 0) is 10.8 Å². The highest BCUT2D eigenvalue weighted by Crippen LogP contribution is 2.21. The first kappa shape index (κ1) is 11.9. The molecule has 1 rings (SSSR count). The van der Waals surface area contributed by atoms with Gasteiger partial charge in [0.25, 0.3) is 0 Å². The lowest BCUT2D eigenvalue weighted by Gasteiger charge is -2.09. The van der Waals surface area contributed by atoms with Gasteiger partial charge < -0.3 is 0 Å². The minimum Gasteiger partial charge on any atom is -0.254 e. The Morgan fingerprint density at radius 2 is 2.13 bits per heavy atom. The molecule has 0 amide bonds. The first-order valence-corrected chi connectivity index (χ1v) is 6.34. The van der Waals surface area contributed by atoms with Crippen LogP contribution in [0, 0.1) is 11.3 Å². The van der Waals surface area contributed by atoms with E-state index in [1.165, 1.54) is 0 Å². The molecule has 3 heteroatoms.